The monoisotopic (exact) mass is 403 g/mol. The summed E-state index contributed by atoms with van der Waals surface area (Å²) >= 11 is 0. The van der Waals surface area contributed by atoms with Gasteiger partial charge in [-0.05, 0) is 45.6 Å². The van der Waals surface area contributed by atoms with E-state index in [0.29, 0.717) is 25.7 Å². The Kier molecular flexibility index (Phi) is 6.52. The Bertz CT molecular complexity index is 706. The van der Waals surface area contributed by atoms with Crippen molar-refractivity contribution in [3.05, 3.63) is 35.9 Å². The standard InChI is InChI=1S/C23H33NO5/c1-22(2,3)29-21(26)24-18(14-16-10-6-4-7-11-16)19-15-17(20(25)28-19)23(27)12-8-5-9-13-23/h4,6-7,10-11,17-19,27H,5,8-9,12-15H2,1-3H3,(H,24,26)/t17-,18+,19+/m1/s1. The van der Waals surface area contributed by atoms with Gasteiger partial charge < -0.3 is 19.9 Å². The summed E-state index contributed by atoms with van der Waals surface area (Å²) in [6, 6.07) is 9.35. The molecule has 160 valence electrons. The fourth-order valence-electron chi connectivity index (χ4n) is 4.41. The Morgan fingerprint density at radius 3 is 2.52 bits per heavy atom. The minimum atomic E-state index is -0.993. The molecule has 3 atom stereocenters. The van der Waals surface area contributed by atoms with Gasteiger partial charge in [0, 0.05) is 6.42 Å². The third-order valence-electron chi connectivity index (χ3n) is 5.84. The van der Waals surface area contributed by atoms with Crippen molar-refractivity contribution < 1.29 is 24.2 Å². The predicted octanol–water partition coefficient (Wildman–Crippen LogP) is 3.75. The fraction of sp³-hybridized carbons (Fsp3) is 0.652. The van der Waals surface area contributed by atoms with Crippen LogP contribution in [0, 0.1) is 5.92 Å². The molecule has 2 aliphatic rings. The van der Waals surface area contributed by atoms with E-state index in [2.05, 4.69) is 5.32 Å². The van der Waals surface area contributed by atoms with E-state index in [0.717, 1.165) is 24.8 Å². The molecule has 6 nitrogen and oxygen atoms in total. The van der Waals surface area contributed by atoms with E-state index in [-0.39, 0.29) is 5.97 Å². The van der Waals surface area contributed by atoms with Crippen LogP contribution in [0.2, 0.25) is 0 Å². The van der Waals surface area contributed by atoms with Gasteiger partial charge >= 0.3 is 12.1 Å². The van der Waals surface area contributed by atoms with Gasteiger partial charge in [0.1, 0.15) is 11.7 Å². The molecule has 1 aromatic carbocycles. The lowest BCUT2D eigenvalue weighted by atomic mass is 9.74. The molecule has 1 saturated carbocycles. The van der Waals surface area contributed by atoms with Crippen molar-refractivity contribution in [1.82, 2.24) is 5.32 Å². The molecular formula is C23H33NO5. The summed E-state index contributed by atoms with van der Waals surface area (Å²) < 4.78 is 11.1. The number of aliphatic hydroxyl groups is 1. The molecule has 1 saturated heterocycles. The molecule has 1 amide bonds. The molecule has 1 aliphatic heterocycles. The van der Waals surface area contributed by atoms with Crippen molar-refractivity contribution in [2.24, 2.45) is 5.92 Å². The number of hydrogen-bond acceptors (Lipinski definition) is 5. The number of hydrogen-bond donors (Lipinski definition) is 2. The smallest absolute Gasteiger partial charge is 0.408 e. The number of ether oxygens (including phenoxy) is 2. The van der Waals surface area contributed by atoms with Crippen LogP contribution in [0.3, 0.4) is 0 Å². The number of carbonyl (C=O) groups excluding carboxylic acids is 2. The van der Waals surface area contributed by atoms with Gasteiger partial charge in [-0.15, -0.1) is 0 Å². The maximum atomic E-state index is 12.6. The predicted molar refractivity (Wildman–Crippen MR) is 109 cm³/mol. The van der Waals surface area contributed by atoms with Crippen LogP contribution in [0.4, 0.5) is 4.79 Å². The molecule has 1 heterocycles. The van der Waals surface area contributed by atoms with E-state index in [1.165, 1.54) is 0 Å². The van der Waals surface area contributed by atoms with E-state index in [4.69, 9.17) is 9.47 Å². The van der Waals surface area contributed by atoms with Gasteiger partial charge in [0.25, 0.3) is 0 Å². The summed E-state index contributed by atoms with van der Waals surface area (Å²) in [6.45, 7) is 5.43. The van der Waals surface area contributed by atoms with Crippen LogP contribution in [-0.4, -0.2) is 40.5 Å². The summed E-state index contributed by atoms with van der Waals surface area (Å²) in [5.41, 5.74) is -0.578. The van der Waals surface area contributed by atoms with Gasteiger partial charge in [0.2, 0.25) is 0 Å². The second-order valence-electron chi connectivity index (χ2n) is 9.37. The van der Waals surface area contributed by atoms with E-state index in [9.17, 15) is 14.7 Å². The highest BCUT2D eigenvalue weighted by Gasteiger charge is 2.50. The quantitative estimate of drug-likeness (QED) is 0.732. The maximum Gasteiger partial charge on any atom is 0.408 e. The Hall–Kier alpha value is -2.08. The molecule has 2 N–H and O–H groups in total. The van der Waals surface area contributed by atoms with Crippen LogP contribution in [-0.2, 0) is 20.7 Å². The second-order valence-corrected chi connectivity index (χ2v) is 9.37. The zero-order chi connectivity index (χ0) is 21.1. The van der Waals surface area contributed by atoms with Crippen LogP contribution in [0.1, 0.15) is 64.9 Å². The van der Waals surface area contributed by atoms with Crippen LogP contribution >= 0.6 is 0 Å². The molecule has 0 bridgehead atoms. The van der Waals surface area contributed by atoms with E-state index < -0.39 is 35.4 Å². The first kappa shape index (κ1) is 21.6. The van der Waals surface area contributed by atoms with Crippen molar-refractivity contribution in [1.29, 1.82) is 0 Å². The Balaban J connectivity index is 1.74. The Labute approximate surface area is 173 Å². The fourth-order valence-corrected chi connectivity index (χ4v) is 4.41. The molecule has 29 heavy (non-hydrogen) atoms. The summed E-state index contributed by atoms with van der Waals surface area (Å²) in [6.07, 6.45) is 4.09. The summed E-state index contributed by atoms with van der Waals surface area (Å²) in [5, 5.41) is 14.0. The number of nitrogens with one attached hydrogen (secondary N) is 1. The van der Waals surface area contributed by atoms with Gasteiger partial charge in [0.15, 0.2) is 0 Å². The van der Waals surface area contributed by atoms with Gasteiger partial charge in [-0.25, -0.2) is 4.79 Å². The molecule has 0 spiro atoms. The average molecular weight is 404 g/mol. The van der Waals surface area contributed by atoms with Crippen molar-refractivity contribution in [3.8, 4) is 0 Å². The zero-order valence-corrected chi connectivity index (χ0v) is 17.6. The Morgan fingerprint density at radius 2 is 1.90 bits per heavy atom. The number of benzene rings is 1. The number of amides is 1. The lowest BCUT2D eigenvalue weighted by Crippen LogP contribution is -2.47. The number of esters is 1. The van der Waals surface area contributed by atoms with Crippen LogP contribution < -0.4 is 5.32 Å². The average Bonchev–Trinajstić information content (AvgIpc) is 3.04. The molecule has 1 aromatic rings. The summed E-state index contributed by atoms with van der Waals surface area (Å²) in [7, 11) is 0. The summed E-state index contributed by atoms with van der Waals surface area (Å²) in [5.74, 6) is -0.894. The first-order valence-electron chi connectivity index (χ1n) is 10.6. The zero-order valence-electron chi connectivity index (χ0n) is 17.6. The van der Waals surface area contributed by atoms with Gasteiger partial charge in [0.05, 0.1) is 17.6 Å². The van der Waals surface area contributed by atoms with Crippen molar-refractivity contribution in [2.75, 3.05) is 0 Å². The van der Waals surface area contributed by atoms with Crippen LogP contribution in [0.15, 0.2) is 30.3 Å². The van der Waals surface area contributed by atoms with Crippen molar-refractivity contribution in [2.45, 2.75) is 89.1 Å². The highest BCUT2D eigenvalue weighted by molar-refractivity contribution is 5.76. The minimum Gasteiger partial charge on any atom is -0.460 e. The van der Waals surface area contributed by atoms with Crippen LogP contribution in [0.25, 0.3) is 0 Å². The number of cyclic esters (lactones) is 1. The first-order chi connectivity index (χ1) is 13.7. The lowest BCUT2D eigenvalue weighted by molar-refractivity contribution is -0.153. The third kappa shape index (κ3) is 5.72. The molecular weight excluding hydrogens is 370 g/mol. The normalized spacial score (nSPS) is 25.2. The molecule has 1 aliphatic carbocycles. The van der Waals surface area contributed by atoms with E-state index in [1.54, 1.807) is 0 Å². The first-order valence-corrected chi connectivity index (χ1v) is 10.6. The van der Waals surface area contributed by atoms with Gasteiger partial charge in [-0.2, -0.15) is 0 Å². The maximum absolute atomic E-state index is 12.6. The SMILES string of the molecule is CC(C)(C)OC(=O)N[C@@H](Cc1ccccc1)[C@@H]1C[C@@H](C2(O)CCCCC2)C(=O)O1. The Morgan fingerprint density at radius 1 is 1.24 bits per heavy atom. The van der Waals surface area contributed by atoms with Crippen LogP contribution in [0.5, 0.6) is 0 Å². The molecule has 0 aromatic heterocycles. The van der Waals surface area contributed by atoms with Gasteiger partial charge in [-0.3, -0.25) is 4.79 Å². The molecule has 0 unspecified atom stereocenters. The molecule has 2 fully saturated rings. The number of alkyl carbamates (subject to hydrolysis) is 1. The third-order valence-corrected chi connectivity index (χ3v) is 5.84. The van der Waals surface area contributed by atoms with Gasteiger partial charge in [-0.1, -0.05) is 49.6 Å². The second kappa shape index (κ2) is 8.74. The number of carbonyl (C=O) groups is 2. The highest BCUT2D eigenvalue weighted by atomic mass is 16.6. The highest BCUT2D eigenvalue weighted by Crippen LogP contribution is 2.41. The minimum absolute atomic E-state index is 0.358. The molecule has 6 heteroatoms. The summed E-state index contributed by atoms with van der Waals surface area (Å²) in [4.78, 5) is 25.1. The molecule has 0 radical (unpaired) electrons. The lowest BCUT2D eigenvalue weighted by Gasteiger charge is -2.35. The topological polar surface area (TPSA) is 84.9 Å². The van der Waals surface area contributed by atoms with E-state index in [1.807, 2.05) is 51.1 Å². The van der Waals surface area contributed by atoms with Crippen molar-refractivity contribution in [3.63, 3.8) is 0 Å². The van der Waals surface area contributed by atoms with Crippen molar-refractivity contribution >= 4 is 12.1 Å². The number of rotatable bonds is 5. The molecule has 3 rings (SSSR count). The van der Waals surface area contributed by atoms with E-state index >= 15 is 0 Å². The largest absolute Gasteiger partial charge is 0.460 e.